The van der Waals surface area contributed by atoms with Gasteiger partial charge >= 0.3 is 0 Å². The van der Waals surface area contributed by atoms with Gasteiger partial charge in [-0.3, -0.25) is 9.89 Å². The Hall–Kier alpha value is -1.90. The number of aryl methyl sites for hydroxylation is 1. The quantitative estimate of drug-likeness (QED) is 0.837. The van der Waals surface area contributed by atoms with Crippen molar-refractivity contribution in [3.63, 3.8) is 0 Å². The molecule has 18 heavy (non-hydrogen) atoms. The fourth-order valence-electron chi connectivity index (χ4n) is 1.81. The summed E-state index contributed by atoms with van der Waals surface area (Å²) in [5, 5.41) is 7.01. The molecule has 0 aliphatic carbocycles. The first-order chi connectivity index (χ1) is 8.56. The highest BCUT2D eigenvalue weighted by Crippen LogP contribution is 2.12. The minimum atomic E-state index is -0.00215. The zero-order chi connectivity index (χ0) is 13.1. The normalized spacial score (nSPS) is 10.9. The predicted molar refractivity (Wildman–Crippen MR) is 71.7 cm³/mol. The molecule has 0 spiro atoms. The van der Waals surface area contributed by atoms with Gasteiger partial charge in [0.15, 0.2) is 5.78 Å². The van der Waals surface area contributed by atoms with Crippen molar-refractivity contribution < 1.29 is 4.79 Å². The van der Waals surface area contributed by atoms with Crippen molar-refractivity contribution in [3.05, 3.63) is 52.8 Å². The van der Waals surface area contributed by atoms with E-state index >= 15 is 0 Å². The Morgan fingerprint density at radius 2 is 1.94 bits per heavy atom. The molecule has 2 rings (SSSR count). The summed E-state index contributed by atoms with van der Waals surface area (Å²) < 4.78 is 0. The molecule has 0 unspecified atom stereocenters. The van der Waals surface area contributed by atoms with Crippen LogP contribution in [0.4, 0.5) is 0 Å². The van der Waals surface area contributed by atoms with Gasteiger partial charge in [-0.25, -0.2) is 0 Å². The molecule has 0 saturated heterocycles. The third kappa shape index (κ3) is 2.86. The van der Waals surface area contributed by atoms with Crippen molar-refractivity contribution in [2.45, 2.75) is 27.2 Å². The average Bonchev–Trinajstić information content (AvgIpc) is 2.79. The van der Waals surface area contributed by atoms with Crippen LogP contribution < -0.4 is 0 Å². The highest BCUT2D eigenvalue weighted by Gasteiger charge is 2.13. The number of H-pyrrole nitrogens is 1. The number of rotatable bonds is 4. The van der Waals surface area contributed by atoms with E-state index in [0.717, 1.165) is 12.1 Å². The maximum atomic E-state index is 11.8. The van der Waals surface area contributed by atoms with Gasteiger partial charge in [-0.1, -0.05) is 43.7 Å². The van der Waals surface area contributed by atoms with Gasteiger partial charge in [0.1, 0.15) is 5.69 Å². The summed E-state index contributed by atoms with van der Waals surface area (Å²) in [7, 11) is 0. The van der Waals surface area contributed by atoms with Crippen molar-refractivity contribution in [1.29, 1.82) is 0 Å². The molecule has 1 N–H and O–H groups in total. The summed E-state index contributed by atoms with van der Waals surface area (Å²) in [6.07, 6.45) is 0.752. The number of aromatic amines is 1. The molecule has 0 radical (unpaired) electrons. The number of Topliss-reactive ketones (excluding diaryl/α,β-unsaturated/α-hetero) is 1. The van der Waals surface area contributed by atoms with E-state index in [-0.39, 0.29) is 11.7 Å². The van der Waals surface area contributed by atoms with Crippen LogP contribution >= 0.6 is 0 Å². The Kier molecular flexibility index (Phi) is 3.60. The molecule has 1 heterocycles. The third-order valence-electron chi connectivity index (χ3n) is 2.93. The Labute approximate surface area is 107 Å². The van der Waals surface area contributed by atoms with Crippen LogP contribution in [0.5, 0.6) is 0 Å². The Morgan fingerprint density at radius 1 is 1.28 bits per heavy atom. The second kappa shape index (κ2) is 5.17. The van der Waals surface area contributed by atoms with E-state index in [1.165, 1.54) is 11.1 Å². The van der Waals surface area contributed by atoms with E-state index in [4.69, 9.17) is 0 Å². The van der Waals surface area contributed by atoms with Crippen molar-refractivity contribution in [1.82, 2.24) is 10.2 Å². The van der Waals surface area contributed by atoms with Crippen LogP contribution in [0.3, 0.4) is 0 Å². The monoisotopic (exact) mass is 242 g/mol. The summed E-state index contributed by atoms with van der Waals surface area (Å²) in [6.45, 7) is 5.85. The van der Waals surface area contributed by atoms with E-state index in [1.807, 2.05) is 19.9 Å². The SMILES string of the molecule is Cc1ccc(Cc2cc(C(=O)C(C)C)[nH]n2)cc1. The fraction of sp³-hybridized carbons (Fsp3) is 0.333. The van der Waals surface area contributed by atoms with E-state index in [9.17, 15) is 4.79 Å². The van der Waals surface area contributed by atoms with E-state index < -0.39 is 0 Å². The zero-order valence-electron chi connectivity index (χ0n) is 11.0. The molecule has 1 aromatic carbocycles. The summed E-state index contributed by atoms with van der Waals surface area (Å²) in [5.41, 5.74) is 3.96. The first-order valence-corrected chi connectivity index (χ1v) is 6.20. The number of hydrogen-bond acceptors (Lipinski definition) is 2. The molecule has 0 saturated carbocycles. The molecular weight excluding hydrogens is 224 g/mol. The highest BCUT2D eigenvalue weighted by molar-refractivity contribution is 5.95. The van der Waals surface area contributed by atoms with Crippen LogP contribution in [0.15, 0.2) is 30.3 Å². The Bertz CT molecular complexity index is 538. The molecule has 0 fully saturated rings. The maximum Gasteiger partial charge on any atom is 0.183 e. The summed E-state index contributed by atoms with van der Waals surface area (Å²) in [5.74, 6) is 0.107. The standard InChI is InChI=1S/C15H18N2O/c1-10(2)15(18)14-9-13(16-17-14)8-12-6-4-11(3)5-7-12/h4-7,9-10H,8H2,1-3H3,(H,16,17). The van der Waals surface area contributed by atoms with Crippen LogP contribution in [0.2, 0.25) is 0 Å². The molecule has 0 aliphatic heterocycles. The lowest BCUT2D eigenvalue weighted by Gasteiger charge is -1.99. The number of ketones is 1. The van der Waals surface area contributed by atoms with Crippen molar-refractivity contribution in [2.24, 2.45) is 5.92 Å². The molecule has 2 aromatic rings. The van der Waals surface area contributed by atoms with Crippen LogP contribution in [0.1, 0.15) is 41.2 Å². The topological polar surface area (TPSA) is 45.8 Å². The number of hydrogen-bond donors (Lipinski definition) is 1. The molecule has 0 bridgehead atoms. The van der Waals surface area contributed by atoms with Gasteiger partial charge in [-0.05, 0) is 18.6 Å². The van der Waals surface area contributed by atoms with Crippen LogP contribution in [-0.2, 0) is 6.42 Å². The lowest BCUT2D eigenvalue weighted by Crippen LogP contribution is -2.07. The summed E-state index contributed by atoms with van der Waals surface area (Å²) in [6, 6.07) is 10.2. The van der Waals surface area contributed by atoms with E-state index in [0.29, 0.717) is 5.69 Å². The van der Waals surface area contributed by atoms with E-state index in [1.54, 1.807) is 0 Å². The fourth-order valence-corrected chi connectivity index (χ4v) is 1.81. The molecule has 0 amide bonds. The molecule has 94 valence electrons. The van der Waals surface area contributed by atoms with Gasteiger partial charge in [-0.2, -0.15) is 5.10 Å². The van der Waals surface area contributed by atoms with E-state index in [2.05, 4.69) is 41.4 Å². The summed E-state index contributed by atoms with van der Waals surface area (Å²) in [4.78, 5) is 11.8. The lowest BCUT2D eigenvalue weighted by atomic mass is 10.0. The minimum Gasteiger partial charge on any atom is -0.292 e. The molecule has 0 atom stereocenters. The first-order valence-electron chi connectivity index (χ1n) is 6.20. The van der Waals surface area contributed by atoms with Crippen molar-refractivity contribution >= 4 is 5.78 Å². The average molecular weight is 242 g/mol. The third-order valence-corrected chi connectivity index (χ3v) is 2.93. The first kappa shape index (κ1) is 12.6. The maximum absolute atomic E-state index is 11.8. The van der Waals surface area contributed by atoms with Crippen LogP contribution in [0.25, 0.3) is 0 Å². The molecule has 3 nitrogen and oxygen atoms in total. The van der Waals surface area contributed by atoms with Gasteiger partial charge in [0, 0.05) is 12.3 Å². The molecular formula is C15H18N2O. The Morgan fingerprint density at radius 3 is 2.56 bits per heavy atom. The molecule has 1 aromatic heterocycles. The molecule has 0 aliphatic rings. The van der Waals surface area contributed by atoms with Gasteiger partial charge < -0.3 is 0 Å². The summed E-state index contributed by atoms with van der Waals surface area (Å²) >= 11 is 0. The predicted octanol–water partition coefficient (Wildman–Crippen LogP) is 3.15. The number of benzene rings is 1. The number of carbonyl (C=O) groups is 1. The van der Waals surface area contributed by atoms with Crippen molar-refractivity contribution in [3.8, 4) is 0 Å². The van der Waals surface area contributed by atoms with Gasteiger partial charge in [0.05, 0.1) is 5.69 Å². The van der Waals surface area contributed by atoms with Crippen molar-refractivity contribution in [2.75, 3.05) is 0 Å². The largest absolute Gasteiger partial charge is 0.292 e. The van der Waals surface area contributed by atoms with Crippen LogP contribution in [0, 0.1) is 12.8 Å². The zero-order valence-corrected chi connectivity index (χ0v) is 11.0. The van der Waals surface area contributed by atoms with Gasteiger partial charge in [-0.15, -0.1) is 0 Å². The highest BCUT2D eigenvalue weighted by atomic mass is 16.1. The number of carbonyl (C=O) groups excluding carboxylic acids is 1. The Balaban J connectivity index is 2.11. The minimum absolute atomic E-state index is 0.00215. The van der Waals surface area contributed by atoms with Gasteiger partial charge in [0.25, 0.3) is 0 Å². The lowest BCUT2D eigenvalue weighted by molar-refractivity contribution is 0.0934. The number of nitrogens with one attached hydrogen (secondary N) is 1. The smallest absolute Gasteiger partial charge is 0.183 e. The molecule has 3 heteroatoms. The van der Waals surface area contributed by atoms with Gasteiger partial charge in [0.2, 0.25) is 0 Å². The number of aromatic nitrogens is 2. The second-order valence-electron chi connectivity index (χ2n) is 4.95. The van der Waals surface area contributed by atoms with Crippen LogP contribution in [-0.4, -0.2) is 16.0 Å². The number of nitrogens with zero attached hydrogens (tertiary/aromatic N) is 1. The second-order valence-corrected chi connectivity index (χ2v) is 4.95.